The second kappa shape index (κ2) is 9.53. The van der Waals surface area contributed by atoms with Gasteiger partial charge in [0.1, 0.15) is 11.3 Å². The number of halogens is 1. The molecule has 1 aliphatic carbocycles. The molecule has 1 aromatic heterocycles. The summed E-state index contributed by atoms with van der Waals surface area (Å²) in [6.45, 7) is 7.26. The molecule has 7 heteroatoms. The second-order valence-corrected chi connectivity index (χ2v) is 10.6. The Kier molecular flexibility index (Phi) is 6.85. The summed E-state index contributed by atoms with van der Waals surface area (Å²) in [5, 5.41) is 9.52. The molecule has 1 aromatic carbocycles. The van der Waals surface area contributed by atoms with Crippen molar-refractivity contribution < 1.29 is 23.8 Å². The van der Waals surface area contributed by atoms with Gasteiger partial charge in [-0.05, 0) is 53.9 Å². The lowest BCUT2D eigenvalue weighted by Crippen LogP contribution is -2.34. The summed E-state index contributed by atoms with van der Waals surface area (Å²) in [5.41, 5.74) is 0.912. The Morgan fingerprint density at radius 3 is 2.53 bits per heavy atom. The molecule has 0 radical (unpaired) electrons. The van der Waals surface area contributed by atoms with Crippen LogP contribution < -0.4 is 10.2 Å². The first-order valence-corrected chi connectivity index (χ1v) is 12.1. The number of nitrogens with zero attached hydrogens (tertiary/aromatic N) is 1. The molecule has 0 unspecified atom stereocenters. The molecule has 0 saturated heterocycles. The zero-order valence-corrected chi connectivity index (χ0v) is 20.4. The van der Waals surface area contributed by atoms with E-state index in [4.69, 9.17) is 9.47 Å². The number of carboxylic acids is 1. The van der Waals surface area contributed by atoms with E-state index >= 15 is 4.39 Å². The number of methoxy groups -OCH3 is 1. The first-order valence-electron chi connectivity index (χ1n) is 12.1. The highest BCUT2D eigenvalue weighted by Gasteiger charge is 2.37. The number of carbonyl (C=O) groups is 1. The van der Waals surface area contributed by atoms with Crippen molar-refractivity contribution in [3.8, 4) is 17.0 Å². The maximum absolute atomic E-state index is 15.6. The fraction of sp³-hybridized carbons (Fsp3) is 0.556. The SMILES string of the molecule is COCCCOc1cc2c(cc1C1CCCC1)-c1c(F)c(=O)c(C(=O)O)cn1[C@H](C(C)(C)C)C2. The summed E-state index contributed by atoms with van der Waals surface area (Å²) in [6, 6.07) is 3.79. The Balaban J connectivity index is 1.91. The normalized spacial score (nSPS) is 18.0. The number of aromatic carboxylic acids is 1. The summed E-state index contributed by atoms with van der Waals surface area (Å²) >= 11 is 0. The van der Waals surface area contributed by atoms with Gasteiger partial charge >= 0.3 is 5.97 Å². The average molecular weight is 472 g/mol. The van der Waals surface area contributed by atoms with Gasteiger partial charge in [-0.3, -0.25) is 4.79 Å². The third-order valence-electron chi connectivity index (χ3n) is 7.19. The van der Waals surface area contributed by atoms with E-state index < -0.39 is 22.8 Å². The number of fused-ring (bicyclic) bond motifs is 3. The van der Waals surface area contributed by atoms with Crippen LogP contribution in [0.1, 0.15) is 86.3 Å². The van der Waals surface area contributed by atoms with Crippen molar-refractivity contribution in [2.45, 2.75) is 71.3 Å². The Hall–Kier alpha value is -2.67. The van der Waals surface area contributed by atoms with E-state index in [2.05, 4.69) is 0 Å². The number of pyridine rings is 1. The number of aromatic nitrogens is 1. The van der Waals surface area contributed by atoms with E-state index in [0.29, 0.717) is 31.1 Å². The van der Waals surface area contributed by atoms with Crippen molar-refractivity contribution in [3.05, 3.63) is 51.1 Å². The van der Waals surface area contributed by atoms with Crippen molar-refractivity contribution in [2.24, 2.45) is 5.41 Å². The number of hydrogen-bond acceptors (Lipinski definition) is 4. The molecule has 184 valence electrons. The summed E-state index contributed by atoms with van der Waals surface area (Å²) in [4.78, 5) is 24.3. The number of ether oxygens (including phenoxy) is 2. The summed E-state index contributed by atoms with van der Waals surface area (Å²) in [6.07, 6.45) is 7.06. The Bertz CT molecular complexity index is 1140. The molecule has 1 saturated carbocycles. The molecule has 1 fully saturated rings. The van der Waals surface area contributed by atoms with E-state index in [1.165, 1.54) is 6.20 Å². The third-order valence-corrected chi connectivity index (χ3v) is 7.19. The molecule has 2 heterocycles. The maximum atomic E-state index is 15.6. The van der Waals surface area contributed by atoms with Crippen LogP contribution in [-0.4, -0.2) is 36.0 Å². The van der Waals surface area contributed by atoms with Crippen LogP contribution in [0.4, 0.5) is 4.39 Å². The van der Waals surface area contributed by atoms with Gasteiger partial charge in [0.2, 0.25) is 5.43 Å². The third kappa shape index (κ3) is 4.50. The van der Waals surface area contributed by atoms with Crippen LogP contribution in [0.2, 0.25) is 0 Å². The Morgan fingerprint density at radius 2 is 1.91 bits per heavy atom. The van der Waals surface area contributed by atoms with Crippen molar-refractivity contribution in [2.75, 3.05) is 20.3 Å². The van der Waals surface area contributed by atoms with Gasteiger partial charge in [0.05, 0.1) is 12.3 Å². The fourth-order valence-corrected chi connectivity index (χ4v) is 5.38. The highest BCUT2D eigenvalue weighted by Crippen LogP contribution is 2.47. The number of hydrogen-bond donors (Lipinski definition) is 1. The number of carboxylic acid groups (broad SMARTS) is 1. The molecule has 1 atom stereocenters. The molecule has 1 N–H and O–H groups in total. The van der Waals surface area contributed by atoms with Crippen LogP contribution in [0.15, 0.2) is 23.1 Å². The predicted molar refractivity (Wildman–Crippen MR) is 128 cm³/mol. The van der Waals surface area contributed by atoms with Crippen LogP contribution in [-0.2, 0) is 11.2 Å². The minimum atomic E-state index is -1.41. The largest absolute Gasteiger partial charge is 0.493 e. The minimum absolute atomic E-state index is 0.182. The van der Waals surface area contributed by atoms with E-state index in [1.54, 1.807) is 11.7 Å². The Morgan fingerprint density at radius 1 is 1.21 bits per heavy atom. The van der Waals surface area contributed by atoms with E-state index in [1.807, 2.05) is 32.9 Å². The molecular weight excluding hydrogens is 437 g/mol. The van der Waals surface area contributed by atoms with Gasteiger partial charge in [0.25, 0.3) is 0 Å². The number of benzene rings is 1. The quantitative estimate of drug-likeness (QED) is 0.534. The van der Waals surface area contributed by atoms with E-state index in [0.717, 1.165) is 49.0 Å². The molecule has 34 heavy (non-hydrogen) atoms. The van der Waals surface area contributed by atoms with Gasteiger partial charge in [-0.1, -0.05) is 33.6 Å². The van der Waals surface area contributed by atoms with Crippen LogP contribution in [0.25, 0.3) is 11.3 Å². The van der Waals surface area contributed by atoms with Gasteiger partial charge in [-0.2, -0.15) is 0 Å². The molecule has 0 amide bonds. The van der Waals surface area contributed by atoms with Gasteiger partial charge in [0.15, 0.2) is 5.82 Å². The maximum Gasteiger partial charge on any atom is 0.341 e. The van der Waals surface area contributed by atoms with E-state index in [9.17, 15) is 14.7 Å². The van der Waals surface area contributed by atoms with Crippen LogP contribution in [0, 0.1) is 11.2 Å². The molecule has 1 aliphatic heterocycles. The van der Waals surface area contributed by atoms with Crippen molar-refractivity contribution in [1.82, 2.24) is 4.57 Å². The van der Waals surface area contributed by atoms with Crippen LogP contribution in [0.3, 0.4) is 0 Å². The highest BCUT2D eigenvalue weighted by atomic mass is 19.1. The molecule has 4 rings (SSSR count). The first-order chi connectivity index (χ1) is 16.1. The summed E-state index contributed by atoms with van der Waals surface area (Å²) < 4.78 is 28.6. The smallest absolute Gasteiger partial charge is 0.341 e. The molecule has 0 spiro atoms. The predicted octanol–water partition coefficient (Wildman–Crippen LogP) is 5.57. The molecule has 0 bridgehead atoms. The lowest BCUT2D eigenvalue weighted by atomic mass is 9.77. The van der Waals surface area contributed by atoms with Gasteiger partial charge in [0, 0.05) is 37.9 Å². The van der Waals surface area contributed by atoms with Crippen molar-refractivity contribution in [3.63, 3.8) is 0 Å². The van der Waals surface area contributed by atoms with Crippen LogP contribution in [0.5, 0.6) is 5.75 Å². The van der Waals surface area contributed by atoms with E-state index in [-0.39, 0.29) is 17.2 Å². The molecule has 2 aliphatic rings. The molecule has 2 aromatic rings. The molecule has 6 nitrogen and oxygen atoms in total. The highest BCUT2D eigenvalue weighted by molar-refractivity contribution is 5.88. The summed E-state index contributed by atoms with van der Waals surface area (Å²) in [7, 11) is 1.67. The standard InChI is InChI=1S/C27H34FNO5/c1-27(2,3)22-13-17-12-21(34-11-7-10-33-4)18(16-8-5-6-9-16)14-19(17)24-23(28)25(30)20(26(31)32)15-29(22)24/h12,14-16,22H,5-11,13H2,1-4H3,(H,31,32)/t22-/m0/s1. The zero-order chi connectivity index (χ0) is 24.6. The van der Waals surface area contributed by atoms with Gasteiger partial charge < -0.3 is 19.1 Å². The average Bonchev–Trinajstić information content (AvgIpc) is 3.31. The monoisotopic (exact) mass is 471 g/mol. The molecular formula is C27H34FNO5. The van der Waals surface area contributed by atoms with Crippen molar-refractivity contribution in [1.29, 1.82) is 0 Å². The first kappa shape index (κ1) is 24.5. The Labute approximate surface area is 199 Å². The zero-order valence-electron chi connectivity index (χ0n) is 20.4. The second-order valence-electron chi connectivity index (χ2n) is 10.6. The van der Waals surface area contributed by atoms with Crippen molar-refractivity contribution >= 4 is 5.97 Å². The van der Waals surface area contributed by atoms with Crippen LogP contribution >= 0.6 is 0 Å². The lowest BCUT2D eigenvalue weighted by Gasteiger charge is -2.39. The fourth-order valence-electron chi connectivity index (χ4n) is 5.38. The van der Waals surface area contributed by atoms with Gasteiger partial charge in [-0.15, -0.1) is 0 Å². The lowest BCUT2D eigenvalue weighted by molar-refractivity contribution is 0.0692. The topological polar surface area (TPSA) is 77.8 Å². The number of rotatable bonds is 7. The van der Waals surface area contributed by atoms with Gasteiger partial charge in [-0.25, -0.2) is 9.18 Å². The minimum Gasteiger partial charge on any atom is -0.493 e. The summed E-state index contributed by atoms with van der Waals surface area (Å²) in [5.74, 6) is -1.26.